The van der Waals surface area contributed by atoms with Gasteiger partial charge in [0, 0.05) is 6.42 Å². The first-order valence-electron chi connectivity index (χ1n) is 4.01. The van der Waals surface area contributed by atoms with Crippen LogP contribution in [0.25, 0.3) is 0 Å². The molecule has 0 spiro atoms. The van der Waals surface area contributed by atoms with Crippen LogP contribution in [0, 0.1) is 0 Å². The molecule has 1 nitrogen and oxygen atoms in total. The molecule has 0 fully saturated rings. The Morgan fingerprint density at radius 1 is 1.42 bits per heavy atom. The third kappa shape index (κ3) is 5.54. The molecular formula is C11H16O. The van der Waals surface area contributed by atoms with Crippen molar-refractivity contribution < 1.29 is 5.11 Å². The Morgan fingerprint density at radius 2 is 2.08 bits per heavy atom. The average molecular weight is 164 g/mol. The van der Waals surface area contributed by atoms with Gasteiger partial charge in [0.1, 0.15) is 0 Å². The Labute approximate surface area is 74.4 Å². The molecule has 0 aliphatic rings. The highest BCUT2D eigenvalue weighted by Crippen LogP contribution is 2.09. The van der Waals surface area contributed by atoms with Gasteiger partial charge >= 0.3 is 0 Å². The van der Waals surface area contributed by atoms with Crippen LogP contribution in [0.4, 0.5) is 0 Å². The minimum absolute atomic E-state index is 0.225. The van der Waals surface area contributed by atoms with Gasteiger partial charge in [0.25, 0.3) is 0 Å². The minimum atomic E-state index is 0.225. The summed E-state index contributed by atoms with van der Waals surface area (Å²) in [5.41, 5.74) is 1.11. The Hall–Kier alpha value is -1.24. The van der Waals surface area contributed by atoms with E-state index in [0.29, 0.717) is 6.42 Å². The van der Waals surface area contributed by atoms with Gasteiger partial charge in [-0.1, -0.05) is 37.5 Å². The molecule has 0 rings (SSSR count). The number of hydrogen-bond acceptors (Lipinski definition) is 1. The number of allylic oxidation sites excluding steroid dienone is 6. The molecule has 1 N–H and O–H groups in total. The van der Waals surface area contributed by atoms with Crippen molar-refractivity contribution in [3.63, 3.8) is 0 Å². The van der Waals surface area contributed by atoms with E-state index in [9.17, 15) is 0 Å². The van der Waals surface area contributed by atoms with Crippen LogP contribution in [0.5, 0.6) is 0 Å². The van der Waals surface area contributed by atoms with Crippen molar-refractivity contribution in [3.8, 4) is 0 Å². The lowest BCUT2D eigenvalue weighted by Gasteiger charge is -1.98. The van der Waals surface area contributed by atoms with E-state index < -0.39 is 0 Å². The first-order chi connectivity index (χ1) is 5.70. The Bertz CT molecular complexity index is 209. The summed E-state index contributed by atoms with van der Waals surface area (Å²) in [6.45, 7) is 9.06. The van der Waals surface area contributed by atoms with E-state index in [1.54, 1.807) is 6.08 Å². The lowest BCUT2D eigenvalue weighted by atomic mass is 10.1. The molecule has 0 aromatic carbocycles. The van der Waals surface area contributed by atoms with Crippen LogP contribution in [0.1, 0.15) is 19.8 Å². The highest BCUT2D eigenvalue weighted by Gasteiger charge is 1.92. The van der Waals surface area contributed by atoms with Gasteiger partial charge in [-0.3, -0.25) is 0 Å². The van der Waals surface area contributed by atoms with Crippen molar-refractivity contribution >= 4 is 0 Å². The molecule has 1 heteroatoms. The molecule has 0 saturated heterocycles. The first-order valence-corrected chi connectivity index (χ1v) is 4.01. The number of aliphatic hydroxyl groups excluding tert-OH is 1. The summed E-state index contributed by atoms with van der Waals surface area (Å²) >= 11 is 0. The summed E-state index contributed by atoms with van der Waals surface area (Å²) < 4.78 is 0. The Balaban J connectivity index is 3.99. The number of hydrogen-bond donors (Lipinski definition) is 1. The third-order valence-corrected chi connectivity index (χ3v) is 1.47. The second-order valence-electron chi connectivity index (χ2n) is 2.54. The Kier molecular flexibility index (Phi) is 5.80. The molecule has 0 radical (unpaired) electrons. The van der Waals surface area contributed by atoms with Crippen molar-refractivity contribution in [1.82, 2.24) is 0 Å². The predicted octanol–water partition coefficient (Wildman–Crippen LogP) is 3.53. The second-order valence-corrected chi connectivity index (χ2v) is 2.54. The molecule has 12 heavy (non-hydrogen) atoms. The SMILES string of the molecule is C=C/C(=C\C=C/C)CCC(=C)O. The quantitative estimate of drug-likeness (QED) is 0.487. The fraction of sp³-hybridized carbons (Fsp3) is 0.273. The van der Waals surface area contributed by atoms with Gasteiger partial charge < -0.3 is 5.11 Å². The van der Waals surface area contributed by atoms with E-state index in [-0.39, 0.29) is 5.76 Å². The second kappa shape index (κ2) is 6.47. The summed E-state index contributed by atoms with van der Waals surface area (Å²) in [6, 6.07) is 0. The predicted molar refractivity (Wildman–Crippen MR) is 54.1 cm³/mol. The average Bonchev–Trinajstić information content (AvgIpc) is 2.05. The molecule has 0 atom stereocenters. The van der Waals surface area contributed by atoms with Crippen LogP contribution in [-0.4, -0.2) is 5.11 Å². The van der Waals surface area contributed by atoms with Crippen molar-refractivity contribution in [1.29, 1.82) is 0 Å². The molecule has 0 heterocycles. The largest absolute Gasteiger partial charge is 0.513 e. The van der Waals surface area contributed by atoms with Crippen LogP contribution < -0.4 is 0 Å². The number of aliphatic hydroxyl groups is 1. The molecule has 0 aromatic rings. The molecule has 0 saturated carbocycles. The molecule has 0 amide bonds. The summed E-state index contributed by atoms with van der Waals surface area (Å²) in [4.78, 5) is 0. The van der Waals surface area contributed by atoms with Gasteiger partial charge in [-0.15, -0.1) is 0 Å². The van der Waals surface area contributed by atoms with Crippen LogP contribution in [0.3, 0.4) is 0 Å². The highest BCUT2D eigenvalue weighted by molar-refractivity contribution is 5.22. The minimum Gasteiger partial charge on any atom is -0.513 e. The van der Waals surface area contributed by atoms with Gasteiger partial charge in [0.15, 0.2) is 0 Å². The van der Waals surface area contributed by atoms with Crippen molar-refractivity contribution in [2.45, 2.75) is 19.8 Å². The van der Waals surface area contributed by atoms with Crippen molar-refractivity contribution in [2.24, 2.45) is 0 Å². The lowest BCUT2D eigenvalue weighted by Crippen LogP contribution is -1.82. The van der Waals surface area contributed by atoms with Crippen LogP contribution >= 0.6 is 0 Å². The molecule has 0 aliphatic heterocycles. The molecule has 0 bridgehead atoms. The fourth-order valence-corrected chi connectivity index (χ4v) is 0.762. The van der Waals surface area contributed by atoms with Gasteiger partial charge in [-0.25, -0.2) is 0 Å². The van der Waals surface area contributed by atoms with Gasteiger partial charge in [0.05, 0.1) is 5.76 Å². The van der Waals surface area contributed by atoms with E-state index in [1.807, 2.05) is 25.2 Å². The zero-order valence-corrected chi connectivity index (χ0v) is 7.59. The van der Waals surface area contributed by atoms with E-state index in [2.05, 4.69) is 13.2 Å². The maximum Gasteiger partial charge on any atom is 0.0854 e. The molecule has 66 valence electrons. The zero-order valence-electron chi connectivity index (χ0n) is 7.59. The molecule has 0 unspecified atom stereocenters. The van der Waals surface area contributed by atoms with E-state index in [1.165, 1.54) is 0 Å². The summed E-state index contributed by atoms with van der Waals surface area (Å²) in [5, 5.41) is 8.85. The number of rotatable bonds is 5. The van der Waals surface area contributed by atoms with Gasteiger partial charge in [-0.05, 0) is 18.9 Å². The van der Waals surface area contributed by atoms with Crippen LogP contribution in [0.2, 0.25) is 0 Å². The van der Waals surface area contributed by atoms with E-state index in [0.717, 1.165) is 12.0 Å². The summed E-state index contributed by atoms with van der Waals surface area (Å²) in [6.07, 6.45) is 9.09. The third-order valence-electron chi connectivity index (χ3n) is 1.47. The monoisotopic (exact) mass is 164 g/mol. The van der Waals surface area contributed by atoms with Crippen LogP contribution in [0.15, 0.2) is 48.8 Å². The van der Waals surface area contributed by atoms with Crippen LogP contribution in [-0.2, 0) is 0 Å². The van der Waals surface area contributed by atoms with E-state index >= 15 is 0 Å². The fourth-order valence-electron chi connectivity index (χ4n) is 0.762. The maximum atomic E-state index is 8.85. The van der Waals surface area contributed by atoms with Gasteiger partial charge in [-0.2, -0.15) is 0 Å². The normalized spacial score (nSPS) is 11.9. The van der Waals surface area contributed by atoms with E-state index in [4.69, 9.17) is 5.11 Å². The van der Waals surface area contributed by atoms with Crippen molar-refractivity contribution in [2.75, 3.05) is 0 Å². The Morgan fingerprint density at radius 3 is 2.50 bits per heavy atom. The maximum absolute atomic E-state index is 8.85. The lowest BCUT2D eigenvalue weighted by molar-refractivity contribution is 0.391. The topological polar surface area (TPSA) is 20.2 Å². The zero-order chi connectivity index (χ0) is 9.40. The standard InChI is InChI=1S/C11H16O/c1-4-6-7-11(5-2)9-8-10(3)12/h4-7,12H,2-3,8-9H2,1H3/b6-4-,11-7+. The molecule has 0 aliphatic carbocycles. The highest BCUT2D eigenvalue weighted by atomic mass is 16.3. The molecular weight excluding hydrogens is 148 g/mol. The van der Waals surface area contributed by atoms with Gasteiger partial charge in [0.2, 0.25) is 0 Å². The summed E-state index contributed by atoms with van der Waals surface area (Å²) in [5.74, 6) is 0.225. The first kappa shape index (κ1) is 10.8. The smallest absolute Gasteiger partial charge is 0.0854 e. The molecule has 0 aromatic heterocycles. The van der Waals surface area contributed by atoms with Crippen molar-refractivity contribution in [3.05, 3.63) is 48.8 Å². The summed E-state index contributed by atoms with van der Waals surface area (Å²) in [7, 11) is 0.